The molecule has 0 unspecified atom stereocenters. The van der Waals surface area contributed by atoms with Gasteiger partial charge >= 0.3 is 0 Å². The lowest BCUT2D eigenvalue weighted by Crippen LogP contribution is -1.92. The van der Waals surface area contributed by atoms with Gasteiger partial charge in [-0.25, -0.2) is 4.98 Å². The smallest absolute Gasteiger partial charge is 0.141 e. The van der Waals surface area contributed by atoms with Crippen LogP contribution in [0.2, 0.25) is 0 Å². The van der Waals surface area contributed by atoms with Gasteiger partial charge in [0.15, 0.2) is 0 Å². The van der Waals surface area contributed by atoms with Gasteiger partial charge in [0, 0.05) is 5.56 Å². The quantitative estimate of drug-likeness (QED) is 0.676. The second-order valence-corrected chi connectivity index (χ2v) is 4.06. The lowest BCUT2D eigenvalue weighted by atomic mass is 10.2. The normalized spacial score (nSPS) is 10.7. The minimum absolute atomic E-state index is 0.607. The number of imidazole rings is 1. The van der Waals surface area contributed by atoms with Gasteiger partial charge in [0.25, 0.3) is 0 Å². The van der Waals surface area contributed by atoms with Crippen LogP contribution in [-0.4, -0.2) is 17.1 Å². The molecule has 0 bridgehead atoms. The highest BCUT2D eigenvalue weighted by atomic mass is 16.5. The number of benzene rings is 2. The van der Waals surface area contributed by atoms with Crippen molar-refractivity contribution >= 4 is 16.7 Å². The first kappa shape index (κ1) is 10.7. The zero-order valence-electron chi connectivity index (χ0n) is 9.97. The zero-order chi connectivity index (χ0) is 12.5. The zero-order valence-corrected chi connectivity index (χ0v) is 9.97. The van der Waals surface area contributed by atoms with E-state index in [1.165, 1.54) is 0 Å². The third kappa shape index (κ3) is 1.68. The number of aromatic amines is 1. The van der Waals surface area contributed by atoms with E-state index in [9.17, 15) is 0 Å². The first-order valence-corrected chi connectivity index (χ1v) is 5.66. The maximum absolute atomic E-state index is 5.90. The van der Waals surface area contributed by atoms with Crippen LogP contribution < -0.4 is 10.5 Å². The van der Waals surface area contributed by atoms with Crippen molar-refractivity contribution < 1.29 is 4.74 Å². The highest BCUT2D eigenvalue weighted by Gasteiger charge is 2.07. The van der Waals surface area contributed by atoms with Gasteiger partial charge in [-0.05, 0) is 30.3 Å². The molecule has 3 N–H and O–H groups in total. The van der Waals surface area contributed by atoms with Crippen molar-refractivity contribution in [1.82, 2.24) is 9.97 Å². The Morgan fingerprint density at radius 3 is 2.72 bits per heavy atom. The van der Waals surface area contributed by atoms with Gasteiger partial charge in [0.2, 0.25) is 0 Å². The van der Waals surface area contributed by atoms with Crippen molar-refractivity contribution in [2.45, 2.75) is 0 Å². The Kier molecular flexibility index (Phi) is 2.41. The molecule has 1 heterocycles. The number of ether oxygens (including phenoxy) is 1. The highest BCUT2D eigenvalue weighted by molar-refractivity contribution is 5.80. The summed E-state index contributed by atoms with van der Waals surface area (Å²) in [6.07, 6.45) is 0. The van der Waals surface area contributed by atoms with Crippen LogP contribution in [-0.2, 0) is 0 Å². The maximum atomic E-state index is 5.90. The van der Waals surface area contributed by atoms with E-state index in [1.54, 1.807) is 7.11 Å². The van der Waals surface area contributed by atoms with E-state index in [2.05, 4.69) is 9.97 Å². The lowest BCUT2D eigenvalue weighted by molar-refractivity contribution is 0.417. The number of aromatic nitrogens is 2. The Labute approximate surface area is 104 Å². The molecule has 2 aromatic carbocycles. The van der Waals surface area contributed by atoms with Crippen molar-refractivity contribution in [3.8, 4) is 17.1 Å². The molecule has 3 aromatic rings. The van der Waals surface area contributed by atoms with Gasteiger partial charge < -0.3 is 15.5 Å². The number of H-pyrrole nitrogens is 1. The summed E-state index contributed by atoms with van der Waals surface area (Å²) in [7, 11) is 1.60. The number of anilines is 1. The molecule has 0 saturated heterocycles. The number of methoxy groups -OCH3 is 1. The second kappa shape index (κ2) is 4.07. The van der Waals surface area contributed by atoms with Crippen LogP contribution in [0.4, 0.5) is 5.69 Å². The van der Waals surface area contributed by atoms with Gasteiger partial charge in [-0.3, -0.25) is 0 Å². The van der Waals surface area contributed by atoms with Crippen molar-refractivity contribution in [1.29, 1.82) is 0 Å². The summed E-state index contributed by atoms with van der Waals surface area (Å²) in [4.78, 5) is 7.80. The van der Waals surface area contributed by atoms with Crippen LogP contribution in [0.5, 0.6) is 5.75 Å². The summed E-state index contributed by atoms with van der Waals surface area (Å²) in [5.41, 5.74) is 9.41. The topological polar surface area (TPSA) is 63.9 Å². The average molecular weight is 239 g/mol. The first-order valence-electron chi connectivity index (χ1n) is 5.66. The van der Waals surface area contributed by atoms with E-state index in [1.807, 2.05) is 42.5 Å². The van der Waals surface area contributed by atoms with Crippen LogP contribution in [0.25, 0.3) is 22.4 Å². The molecule has 0 aliphatic carbocycles. The number of nitrogen functional groups attached to an aromatic ring is 1. The summed E-state index contributed by atoms with van der Waals surface area (Å²) < 4.78 is 5.14. The van der Waals surface area contributed by atoms with Crippen molar-refractivity contribution in [2.75, 3.05) is 12.8 Å². The Morgan fingerprint density at radius 2 is 2.00 bits per heavy atom. The number of rotatable bonds is 2. The molecule has 1 aromatic heterocycles. The molecular weight excluding hydrogens is 226 g/mol. The fraction of sp³-hybridized carbons (Fsp3) is 0.0714. The van der Waals surface area contributed by atoms with Crippen LogP contribution in [0.15, 0.2) is 42.5 Å². The number of nitrogens with one attached hydrogen (secondary N) is 1. The molecule has 3 rings (SSSR count). The fourth-order valence-electron chi connectivity index (χ4n) is 1.97. The number of nitrogens with two attached hydrogens (primary N) is 1. The summed E-state index contributed by atoms with van der Waals surface area (Å²) >= 11 is 0. The first-order chi connectivity index (χ1) is 8.78. The van der Waals surface area contributed by atoms with Crippen LogP contribution in [0.1, 0.15) is 0 Å². The summed E-state index contributed by atoms with van der Waals surface area (Å²) in [6.45, 7) is 0. The Hall–Kier alpha value is -2.49. The monoisotopic (exact) mass is 239 g/mol. The van der Waals surface area contributed by atoms with Crippen molar-refractivity contribution in [2.24, 2.45) is 0 Å². The number of hydrogen-bond acceptors (Lipinski definition) is 3. The molecule has 18 heavy (non-hydrogen) atoms. The van der Waals surface area contributed by atoms with Crippen molar-refractivity contribution in [3.05, 3.63) is 42.5 Å². The standard InChI is InChI=1S/C14H13N3O/c1-18-13-7-6-9(8-10(13)15)14-16-11-4-2-3-5-12(11)17-14/h2-8H,15H2,1H3,(H,16,17). The molecule has 0 atom stereocenters. The number of nitrogens with zero attached hydrogens (tertiary/aromatic N) is 1. The lowest BCUT2D eigenvalue weighted by Gasteiger charge is -2.05. The Morgan fingerprint density at radius 1 is 1.17 bits per heavy atom. The van der Waals surface area contributed by atoms with Gasteiger partial charge in [0.1, 0.15) is 11.6 Å². The van der Waals surface area contributed by atoms with E-state index in [0.717, 1.165) is 22.4 Å². The number of fused-ring (bicyclic) bond motifs is 1. The molecule has 4 nitrogen and oxygen atoms in total. The van der Waals surface area contributed by atoms with Gasteiger partial charge in [-0.15, -0.1) is 0 Å². The molecule has 0 radical (unpaired) electrons. The third-order valence-electron chi connectivity index (χ3n) is 2.89. The van der Waals surface area contributed by atoms with Crippen molar-refractivity contribution in [3.63, 3.8) is 0 Å². The average Bonchev–Trinajstić information content (AvgIpc) is 2.82. The van der Waals surface area contributed by atoms with E-state index in [4.69, 9.17) is 10.5 Å². The Bertz CT molecular complexity index is 670. The molecular formula is C14H13N3O. The Balaban J connectivity index is 2.11. The molecule has 4 heteroatoms. The molecule has 0 saturated carbocycles. The van der Waals surface area contributed by atoms with E-state index < -0.39 is 0 Å². The molecule has 90 valence electrons. The number of para-hydroxylation sites is 2. The highest BCUT2D eigenvalue weighted by Crippen LogP contribution is 2.27. The SMILES string of the molecule is COc1ccc(-c2nc3ccccc3[nH]2)cc1N. The molecule has 0 aliphatic heterocycles. The maximum Gasteiger partial charge on any atom is 0.141 e. The fourth-order valence-corrected chi connectivity index (χ4v) is 1.97. The van der Waals surface area contributed by atoms with E-state index in [0.29, 0.717) is 11.4 Å². The largest absolute Gasteiger partial charge is 0.495 e. The predicted molar refractivity (Wildman–Crippen MR) is 72.5 cm³/mol. The van der Waals surface area contributed by atoms with Crippen LogP contribution in [0, 0.1) is 0 Å². The molecule has 0 fully saturated rings. The van der Waals surface area contributed by atoms with Crippen LogP contribution >= 0.6 is 0 Å². The van der Waals surface area contributed by atoms with E-state index in [-0.39, 0.29) is 0 Å². The summed E-state index contributed by atoms with van der Waals surface area (Å²) in [6, 6.07) is 13.6. The molecule has 0 spiro atoms. The second-order valence-electron chi connectivity index (χ2n) is 4.06. The van der Waals surface area contributed by atoms with Gasteiger partial charge in [-0.2, -0.15) is 0 Å². The summed E-state index contributed by atoms with van der Waals surface area (Å²) in [5, 5.41) is 0. The third-order valence-corrected chi connectivity index (χ3v) is 2.89. The minimum Gasteiger partial charge on any atom is -0.495 e. The summed E-state index contributed by atoms with van der Waals surface area (Å²) in [5.74, 6) is 1.49. The van der Waals surface area contributed by atoms with Gasteiger partial charge in [-0.1, -0.05) is 12.1 Å². The molecule has 0 amide bonds. The minimum atomic E-state index is 0.607. The van der Waals surface area contributed by atoms with Crippen LogP contribution in [0.3, 0.4) is 0 Å². The molecule has 0 aliphatic rings. The van der Waals surface area contributed by atoms with Gasteiger partial charge in [0.05, 0.1) is 23.8 Å². The number of hydrogen-bond donors (Lipinski definition) is 2. The predicted octanol–water partition coefficient (Wildman–Crippen LogP) is 2.82. The van der Waals surface area contributed by atoms with E-state index >= 15 is 0 Å².